The summed E-state index contributed by atoms with van der Waals surface area (Å²) in [6, 6.07) is 6.26. The van der Waals surface area contributed by atoms with Gasteiger partial charge in [-0.3, -0.25) is 9.59 Å². The molecule has 0 heterocycles. The summed E-state index contributed by atoms with van der Waals surface area (Å²) in [5.41, 5.74) is 1.90. The number of rotatable bonds is 2. The first-order valence-electron chi connectivity index (χ1n) is 12.4. The number of hydrogen-bond acceptors (Lipinski definition) is 4. The molecule has 0 N–H and O–H groups in total. The van der Waals surface area contributed by atoms with Crippen LogP contribution in [0.1, 0.15) is 97.6 Å². The highest BCUT2D eigenvalue weighted by Crippen LogP contribution is 2.61. The average molecular weight is 441 g/mol. The van der Waals surface area contributed by atoms with E-state index in [0.29, 0.717) is 23.5 Å². The van der Waals surface area contributed by atoms with Crippen molar-refractivity contribution in [2.45, 2.75) is 99.0 Å². The van der Waals surface area contributed by atoms with Crippen LogP contribution < -0.4 is 4.74 Å². The monoisotopic (exact) mass is 440 g/mol. The van der Waals surface area contributed by atoms with Crippen LogP contribution in [0.3, 0.4) is 0 Å². The summed E-state index contributed by atoms with van der Waals surface area (Å²) in [6.45, 7) is 13.8. The number of carbonyl (C=O) groups excluding carboxylic acids is 2. The summed E-state index contributed by atoms with van der Waals surface area (Å²) in [5.74, 6) is 2.20. The normalized spacial score (nSPS) is 31.8. The van der Waals surface area contributed by atoms with E-state index >= 15 is 0 Å². The van der Waals surface area contributed by atoms with Gasteiger partial charge >= 0.3 is 11.9 Å². The van der Waals surface area contributed by atoms with Crippen LogP contribution in [0.25, 0.3) is 0 Å². The van der Waals surface area contributed by atoms with Crippen LogP contribution in [0.15, 0.2) is 18.2 Å². The Balaban J connectivity index is 1.51. The summed E-state index contributed by atoms with van der Waals surface area (Å²) < 4.78 is 11.7. The average Bonchev–Trinajstić information content (AvgIpc) is 3.02. The van der Waals surface area contributed by atoms with Gasteiger partial charge in [0.1, 0.15) is 11.9 Å². The number of ether oxygens (including phenoxy) is 2. The van der Waals surface area contributed by atoms with Gasteiger partial charge in [0, 0.05) is 5.41 Å². The summed E-state index contributed by atoms with van der Waals surface area (Å²) >= 11 is 0. The SMILES string of the molecule is CC(C)(C)C(=O)Oc1ccc2c(c1)CC[C@@H]1[C@@H]2CC[C@]2(C)[C@@H](OC(=O)C(C)(C)C)CC[C@@H]12. The molecule has 0 bridgehead atoms. The van der Waals surface area contributed by atoms with Gasteiger partial charge in [0.2, 0.25) is 0 Å². The Labute approximate surface area is 193 Å². The molecule has 0 aromatic heterocycles. The molecule has 1 aromatic carbocycles. The fraction of sp³-hybridized carbons (Fsp3) is 0.714. The van der Waals surface area contributed by atoms with Crippen molar-refractivity contribution >= 4 is 11.9 Å². The van der Waals surface area contributed by atoms with Gasteiger partial charge in [-0.1, -0.05) is 13.0 Å². The van der Waals surface area contributed by atoms with Gasteiger partial charge in [-0.25, -0.2) is 0 Å². The number of carbonyl (C=O) groups is 2. The fourth-order valence-corrected chi connectivity index (χ4v) is 6.33. The lowest BCUT2D eigenvalue weighted by molar-refractivity contribution is -0.167. The van der Waals surface area contributed by atoms with Crippen LogP contribution in [0.4, 0.5) is 0 Å². The maximum Gasteiger partial charge on any atom is 0.316 e. The Morgan fingerprint density at radius 3 is 2.28 bits per heavy atom. The standard InChI is InChI=1S/C28H40O4/c1-26(2,3)24(29)31-18-9-11-19-17(16-18)8-10-21-20(19)14-15-28(7)22(21)12-13-23(28)32-25(30)27(4,5)6/h9,11,16,20-23H,8,10,12-15H2,1-7H3/t20-,21-,22+,23+,28+/m1/s1. The van der Waals surface area contributed by atoms with Gasteiger partial charge in [-0.05, 0) is 121 Å². The van der Waals surface area contributed by atoms with E-state index in [1.54, 1.807) is 0 Å². The van der Waals surface area contributed by atoms with Crippen LogP contribution >= 0.6 is 0 Å². The number of esters is 2. The van der Waals surface area contributed by atoms with E-state index < -0.39 is 10.8 Å². The third-order valence-electron chi connectivity index (χ3n) is 8.30. The van der Waals surface area contributed by atoms with E-state index in [9.17, 15) is 9.59 Å². The molecule has 176 valence electrons. The molecule has 0 saturated heterocycles. The van der Waals surface area contributed by atoms with E-state index in [1.807, 2.05) is 47.6 Å². The minimum Gasteiger partial charge on any atom is -0.461 e. The van der Waals surface area contributed by atoms with Crippen LogP contribution in [-0.2, 0) is 20.7 Å². The first-order chi connectivity index (χ1) is 14.8. The molecule has 32 heavy (non-hydrogen) atoms. The molecule has 0 radical (unpaired) electrons. The Kier molecular flexibility index (Phi) is 5.75. The van der Waals surface area contributed by atoms with Gasteiger partial charge in [0.05, 0.1) is 10.8 Å². The second-order valence-electron chi connectivity index (χ2n) is 12.7. The van der Waals surface area contributed by atoms with Crippen LogP contribution in [0.2, 0.25) is 0 Å². The minimum atomic E-state index is -0.510. The number of benzene rings is 1. The van der Waals surface area contributed by atoms with E-state index in [0.717, 1.165) is 38.5 Å². The molecular weight excluding hydrogens is 400 g/mol. The van der Waals surface area contributed by atoms with E-state index in [4.69, 9.17) is 9.47 Å². The summed E-state index contributed by atoms with van der Waals surface area (Å²) in [6.07, 6.45) is 6.60. The van der Waals surface area contributed by atoms with Crippen molar-refractivity contribution in [3.63, 3.8) is 0 Å². The van der Waals surface area contributed by atoms with Gasteiger partial charge in [0.25, 0.3) is 0 Å². The molecule has 4 nitrogen and oxygen atoms in total. The predicted molar refractivity (Wildman–Crippen MR) is 125 cm³/mol. The Morgan fingerprint density at radius 1 is 0.938 bits per heavy atom. The highest BCUT2D eigenvalue weighted by molar-refractivity contribution is 5.78. The molecule has 5 atom stereocenters. The highest BCUT2D eigenvalue weighted by Gasteiger charge is 2.56. The second-order valence-corrected chi connectivity index (χ2v) is 12.7. The third kappa shape index (κ3) is 4.10. The van der Waals surface area contributed by atoms with Gasteiger partial charge in [-0.15, -0.1) is 0 Å². The second kappa shape index (κ2) is 7.88. The molecule has 2 saturated carbocycles. The zero-order valence-electron chi connectivity index (χ0n) is 20.9. The number of fused-ring (bicyclic) bond motifs is 5. The lowest BCUT2D eigenvalue weighted by Gasteiger charge is -2.50. The molecule has 4 heteroatoms. The first kappa shape index (κ1) is 23.3. The zero-order valence-corrected chi connectivity index (χ0v) is 20.9. The summed E-state index contributed by atoms with van der Waals surface area (Å²) in [5, 5.41) is 0. The Hall–Kier alpha value is -1.84. The van der Waals surface area contributed by atoms with Crippen molar-refractivity contribution in [3.8, 4) is 5.75 Å². The molecule has 0 spiro atoms. The van der Waals surface area contributed by atoms with Crippen molar-refractivity contribution in [3.05, 3.63) is 29.3 Å². The quantitative estimate of drug-likeness (QED) is 0.392. The highest BCUT2D eigenvalue weighted by atomic mass is 16.5. The molecule has 4 rings (SSSR count). The summed E-state index contributed by atoms with van der Waals surface area (Å²) in [4.78, 5) is 24.9. The van der Waals surface area contributed by atoms with E-state index in [2.05, 4.69) is 19.1 Å². The van der Waals surface area contributed by atoms with Crippen molar-refractivity contribution < 1.29 is 19.1 Å². The molecule has 0 unspecified atom stereocenters. The lowest BCUT2D eigenvalue weighted by Crippen LogP contribution is -2.46. The fourth-order valence-electron chi connectivity index (χ4n) is 6.33. The third-order valence-corrected chi connectivity index (χ3v) is 8.30. The van der Waals surface area contributed by atoms with Crippen LogP contribution in [0.5, 0.6) is 5.75 Å². The Bertz CT molecular complexity index is 903. The van der Waals surface area contributed by atoms with Gasteiger partial charge in [0.15, 0.2) is 0 Å². The molecular formula is C28H40O4. The maximum absolute atomic E-state index is 12.6. The molecule has 0 amide bonds. The first-order valence-corrected chi connectivity index (χ1v) is 12.4. The minimum absolute atomic E-state index is 0.0424. The molecule has 3 aliphatic carbocycles. The van der Waals surface area contributed by atoms with Gasteiger partial charge in [-0.2, -0.15) is 0 Å². The number of aryl methyl sites for hydroxylation is 1. The summed E-state index contributed by atoms with van der Waals surface area (Å²) in [7, 11) is 0. The largest absolute Gasteiger partial charge is 0.461 e. The van der Waals surface area contributed by atoms with Crippen molar-refractivity contribution in [1.82, 2.24) is 0 Å². The van der Waals surface area contributed by atoms with Crippen LogP contribution in [0, 0.1) is 28.1 Å². The van der Waals surface area contributed by atoms with Crippen molar-refractivity contribution in [1.29, 1.82) is 0 Å². The van der Waals surface area contributed by atoms with E-state index in [-0.39, 0.29) is 23.5 Å². The topological polar surface area (TPSA) is 52.6 Å². The zero-order chi connectivity index (χ0) is 23.5. The maximum atomic E-state index is 12.6. The molecule has 0 aliphatic heterocycles. The van der Waals surface area contributed by atoms with Crippen LogP contribution in [-0.4, -0.2) is 18.0 Å². The predicted octanol–water partition coefficient (Wildman–Crippen LogP) is 6.45. The smallest absolute Gasteiger partial charge is 0.316 e. The van der Waals surface area contributed by atoms with Crippen molar-refractivity contribution in [2.24, 2.45) is 28.1 Å². The Morgan fingerprint density at radius 2 is 1.62 bits per heavy atom. The molecule has 2 fully saturated rings. The van der Waals surface area contributed by atoms with Gasteiger partial charge < -0.3 is 9.47 Å². The molecule has 1 aromatic rings. The van der Waals surface area contributed by atoms with E-state index in [1.165, 1.54) is 11.1 Å². The lowest BCUT2D eigenvalue weighted by atomic mass is 9.55. The van der Waals surface area contributed by atoms with Crippen molar-refractivity contribution in [2.75, 3.05) is 0 Å². The number of hydrogen-bond donors (Lipinski definition) is 0. The molecule has 3 aliphatic rings.